The smallest absolute Gasteiger partial charge is 0.263 e. The minimum absolute atomic E-state index is 0.113. The van der Waals surface area contributed by atoms with Gasteiger partial charge in [0.15, 0.2) is 0 Å². The van der Waals surface area contributed by atoms with Gasteiger partial charge in [0.2, 0.25) is 0 Å². The van der Waals surface area contributed by atoms with Gasteiger partial charge in [-0.3, -0.25) is 4.79 Å². The highest BCUT2D eigenvalue weighted by molar-refractivity contribution is 7.21. The Kier molecular flexibility index (Phi) is 6.53. The Morgan fingerprint density at radius 3 is 2.60 bits per heavy atom. The maximum absolute atomic E-state index is 12.7. The van der Waals surface area contributed by atoms with Crippen LogP contribution in [-0.4, -0.2) is 30.5 Å². The van der Waals surface area contributed by atoms with Gasteiger partial charge in [-0.1, -0.05) is 25.5 Å². The SMILES string of the molecule is CCCc1ccc2c(N)c(C(=O)NCCc3ccc(N4CCCCC4)cc3)sc2n1. The van der Waals surface area contributed by atoms with Gasteiger partial charge >= 0.3 is 0 Å². The maximum atomic E-state index is 12.7. The second-order valence-electron chi connectivity index (χ2n) is 7.97. The molecule has 1 aliphatic heterocycles. The molecule has 0 aliphatic carbocycles. The Hall–Kier alpha value is -2.60. The molecule has 1 fully saturated rings. The number of pyridine rings is 1. The van der Waals surface area contributed by atoms with Gasteiger partial charge in [-0.25, -0.2) is 4.98 Å². The van der Waals surface area contributed by atoms with Crippen molar-refractivity contribution in [2.45, 2.75) is 45.4 Å². The summed E-state index contributed by atoms with van der Waals surface area (Å²) in [6.07, 6.45) is 6.69. The largest absolute Gasteiger partial charge is 0.397 e. The van der Waals surface area contributed by atoms with E-state index in [-0.39, 0.29) is 5.91 Å². The van der Waals surface area contributed by atoms with Gasteiger partial charge < -0.3 is 16.0 Å². The second kappa shape index (κ2) is 9.47. The molecule has 0 saturated carbocycles. The molecular formula is C24H30N4OS. The quantitative estimate of drug-likeness (QED) is 0.574. The number of hydrogen-bond donors (Lipinski definition) is 2. The average Bonchev–Trinajstić information content (AvgIpc) is 3.11. The fourth-order valence-electron chi connectivity index (χ4n) is 4.03. The second-order valence-corrected chi connectivity index (χ2v) is 8.97. The molecule has 3 N–H and O–H groups in total. The molecule has 0 radical (unpaired) electrons. The van der Waals surface area contributed by atoms with Crippen molar-refractivity contribution < 1.29 is 4.79 Å². The summed E-state index contributed by atoms with van der Waals surface area (Å²) in [4.78, 5) is 21.2. The first kappa shape index (κ1) is 20.7. The van der Waals surface area contributed by atoms with E-state index in [1.807, 2.05) is 12.1 Å². The summed E-state index contributed by atoms with van der Waals surface area (Å²) < 4.78 is 0. The maximum Gasteiger partial charge on any atom is 0.263 e. The lowest BCUT2D eigenvalue weighted by atomic mass is 10.1. The van der Waals surface area contributed by atoms with E-state index in [1.165, 1.54) is 41.9 Å². The normalized spacial score (nSPS) is 14.2. The number of rotatable bonds is 7. The van der Waals surface area contributed by atoms with E-state index in [4.69, 9.17) is 5.73 Å². The molecule has 2 aromatic heterocycles. The third-order valence-corrected chi connectivity index (χ3v) is 6.83. The van der Waals surface area contributed by atoms with Gasteiger partial charge in [-0.15, -0.1) is 11.3 Å². The van der Waals surface area contributed by atoms with Crippen molar-refractivity contribution in [1.82, 2.24) is 10.3 Å². The highest BCUT2D eigenvalue weighted by Crippen LogP contribution is 2.32. The number of aromatic nitrogens is 1. The van der Waals surface area contributed by atoms with Crippen LogP contribution in [0.3, 0.4) is 0 Å². The number of nitrogen functional groups attached to an aromatic ring is 1. The molecule has 1 saturated heterocycles. The lowest BCUT2D eigenvalue weighted by molar-refractivity contribution is 0.0959. The number of piperidine rings is 1. The first-order valence-corrected chi connectivity index (χ1v) is 11.8. The number of thiophene rings is 1. The minimum Gasteiger partial charge on any atom is -0.397 e. The molecule has 1 aromatic carbocycles. The summed E-state index contributed by atoms with van der Waals surface area (Å²) in [5.41, 5.74) is 10.4. The number of carbonyl (C=O) groups excluding carboxylic acids is 1. The van der Waals surface area contributed by atoms with E-state index in [1.54, 1.807) is 0 Å². The number of nitrogens with two attached hydrogens (primary N) is 1. The topological polar surface area (TPSA) is 71.2 Å². The van der Waals surface area contributed by atoms with Crippen LogP contribution in [-0.2, 0) is 12.8 Å². The van der Waals surface area contributed by atoms with Crippen LogP contribution in [0.5, 0.6) is 0 Å². The number of benzene rings is 1. The molecule has 0 bridgehead atoms. The molecule has 0 atom stereocenters. The van der Waals surface area contributed by atoms with Crippen LogP contribution in [0.4, 0.5) is 11.4 Å². The number of hydrogen-bond acceptors (Lipinski definition) is 5. The van der Waals surface area contributed by atoms with E-state index in [0.717, 1.165) is 48.3 Å². The Morgan fingerprint density at radius 2 is 1.87 bits per heavy atom. The van der Waals surface area contributed by atoms with E-state index >= 15 is 0 Å². The summed E-state index contributed by atoms with van der Waals surface area (Å²) in [7, 11) is 0. The fraction of sp³-hybridized carbons (Fsp3) is 0.417. The highest BCUT2D eigenvalue weighted by Gasteiger charge is 2.17. The van der Waals surface area contributed by atoms with Crippen LogP contribution in [0.25, 0.3) is 10.2 Å². The monoisotopic (exact) mass is 422 g/mol. The van der Waals surface area contributed by atoms with Gasteiger partial charge in [0.1, 0.15) is 9.71 Å². The Morgan fingerprint density at radius 1 is 1.10 bits per heavy atom. The summed E-state index contributed by atoms with van der Waals surface area (Å²) in [5.74, 6) is -0.113. The van der Waals surface area contributed by atoms with Gasteiger partial charge in [0.25, 0.3) is 5.91 Å². The molecule has 3 aromatic rings. The minimum atomic E-state index is -0.113. The predicted octanol–water partition coefficient (Wildman–Crippen LogP) is 4.79. The third-order valence-electron chi connectivity index (χ3n) is 5.72. The van der Waals surface area contributed by atoms with Crippen LogP contribution >= 0.6 is 11.3 Å². The number of fused-ring (bicyclic) bond motifs is 1. The van der Waals surface area contributed by atoms with E-state index in [2.05, 4.69) is 46.4 Å². The molecule has 0 spiro atoms. The van der Waals surface area contributed by atoms with Crippen molar-refractivity contribution in [3.8, 4) is 0 Å². The molecule has 30 heavy (non-hydrogen) atoms. The standard InChI is InChI=1S/C24H30N4OS/c1-2-6-18-9-12-20-21(25)22(30-24(20)27-18)23(29)26-14-13-17-7-10-19(11-8-17)28-15-4-3-5-16-28/h7-12H,2-6,13-16,25H2,1H3,(H,26,29). The molecule has 3 heterocycles. The van der Waals surface area contributed by atoms with E-state index in [9.17, 15) is 4.79 Å². The number of amides is 1. The molecule has 158 valence electrons. The van der Waals surface area contributed by atoms with Crippen molar-refractivity contribution >= 4 is 38.8 Å². The van der Waals surface area contributed by atoms with Crippen LogP contribution in [0, 0.1) is 0 Å². The number of nitrogens with one attached hydrogen (secondary N) is 1. The number of aryl methyl sites for hydroxylation is 1. The fourth-order valence-corrected chi connectivity index (χ4v) is 5.05. The van der Waals surface area contributed by atoms with Crippen molar-refractivity contribution in [2.75, 3.05) is 30.3 Å². The van der Waals surface area contributed by atoms with Crippen molar-refractivity contribution in [2.24, 2.45) is 0 Å². The van der Waals surface area contributed by atoms with E-state index in [0.29, 0.717) is 17.1 Å². The first-order valence-electron chi connectivity index (χ1n) is 11.0. The number of anilines is 2. The molecule has 6 heteroatoms. The first-order chi connectivity index (χ1) is 14.7. The molecule has 0 unspecified atom stereocenters. The lowest BCUT2D eigenvalue weighted by Crippen LogP contribution is -2.29. The summed E-state index contributed by atoms with van der Waals surface area (Å²) in [6.45, 7) is 5.03. The lowest BCUT2D eigenvalue weighted by Gasteiger charge is -2.28. The van der Waals surface area contributed by atoms with Gasteiger partial charge in [0.05, 0.1) is 5.69 Å². The van der Waals surface area contributed by atoms with Crippen molar-refractivity contribution in [1.29, 1.82) is 0 Å². The van der Waals surface area contributed by atoms with Gasteiger partial charge in [-0.2, -0.15) is 0 Å². The number of carbonyl (C=O) groups is 1. The number of nitrogens with zero attached hydrogens (tertiary/aromatic N) is 2. The van der Waals surface area contributed by atoms with Gasteiger partial charge in [0, 0.05) is 36.4 Å². The van der Waals surface area contributed by atoms with Crippen LogP contribution in [0.1, 0.15) is 53.5 Å². The van der Waals surface area contributed by atoms with Gasteiger partial charge in [-0.05, 0) is 61.9 Å². The molecule has 1 aliphatic rings. The molecule has 1 amide bonds. The van der Waals surface area contributed by atoms with Crippen LogP contribution in [0.2, 0.25) is 0 Å². The third kappa shape index (κ3) is 4.59. The Balaban J connectivity index is 1.35. The zero-order chi connectivity index (χ0) is 20.9. The van der Waals surface area contributed by atoms with Crippen molar-refractivity contribution in [3.05, 3.63) is 52.5 Å². The average molecular weight is 423 g/mol. The highest BCUT2D eigenvalue weighted by atomic mass is 32.1. The van der Waals surface area contributed by atoms with Crippen molar-refractivity contribution in [3.63, 3.8) is 0 Å². The summed E-state index contributed by atoms with van der Waals surface area (Å²) >= 11 is 1.38. The van der Waals surface area contributed by atoms with Crippen LogP contribution in [0.15, 0.2) is 36.4 Å². The summed E-state index contributed by atoms with van der Waals surface area (Å²) in [5, 5.41) is 3.89. The molecule has 5 nitrogen and oxygen atoms in total. The Bertz CT molecular complexity index is 1010. The van der Waals surface area contributed by atoms with Crippen LogP contribution < -0.4 is 16.0 Å². The molecular weight excluding hydrogens is 392 g/mol. The molecule has 4 rings (SSSR count). The zero-order valence-electron chi connectivity index (χ0n) is 17.6. The summed E-state index contributed by atoms with van der Waals surface area (Å²) in [6, 6.07) is 12.7. The Labute approximate surface area is 182 Å². The van der Waals surface area contributed by atoms with E-state index < -0.39 is 0 Å². The predicted molar refractivity (Wildman–Crippen MR) is 127 cm³/mol. The zero-order valence-corrected chi connectivity index (χ0v) is 18.4.